The van der Waals surface area contributed by atoms with Gasteiger partial charge in [-0.25, -0.2) is 0 Å². The first kappa shape index (κ1) is 17.0. The van der Waals surface area contributed by atoms with Gasteiger partial charge in [0, 0.05) is 24.7 Å². The Hall–Kier alpha value is -2.82. The minimum atomic E-state index is -0.132. The van der Waals surface area contributed by atoms with E-state index in [4.69, 9.17) is 4.74 Å². The Bertz CT molecular complexity index is 769. The molecule has 2 aromatic rings. The van der Waals surface area contributed by atoms with Crippen molar-refractivity contribution in [1.29, 1.82) is 0 Å². The zero-order valence-electron chi connectivity index (χ0n) is 14.3. The summed E-state index contributed by atoms with van der Waals surface area (Å²) in [6.45, 7) is 2.82. The van der Waals surface area contributed by atoms with Crippen molar-refractivity contribution in [2.75, 3.05) is 18.5 Å². The van der Waals surface area contributed by atoms with Crippen LogP contribution in [0.3, 0.4) is 0 Å². The second-order valence-corrected chi connectivity index (χ2v) is 6.16. The van der Waals surface area contributed by atoms with E-state index < -0.39 is 0 Å². The predicted molar refractivity (Wildman–Crippen MR) is 97.0 cm³/mol. The number of amides is 2. The summed E-state index contributed by atoms with van der Waals surface area (Å²) in [4.78, 5) is 23.2. The Labute approximate surface area is 147 Å². The quantitative estimate of drug-likeness (QED) is 0.881. The third-order valence-corrected chi connectivity index (χ3v) is 4.14. The van der Waals surface area contributed by atoms with Crippen molar-refractivity contribution >= 4 is 17.5 Å². The fraction of sp³-hybridized carbons (Fsp3) is 0.300. The maximum Gasteiger partial charge on any atom is 0.251 e. The monoisotopic (exact) mass is 338 g/mol. The number of ether oxygens (including phenoxy) is 1. The van der Waals surface area contributed by atoms with E-state index in [9.17, 15) is 9.59 Å². The number of benzene rings is 2. The Kier molecular flexibility index (Phi) is 5.33. The van der Waals surface area contributed by atoms with Crippen LogP contribution < -0.4 is 15.4 Å². The lowest BCUT2D eigenvalue weighted by molar-refractivity contribution is -0.114. The summed E-state index contributed by atoms with van der Waals surface area (Å²) >= 11 is 0. The van der Waals surface area contributed by atoms with Gasteiger partial charge in [0.25, 0.3) is 5.91 Å². The molecule has 0 bridgehead atoms. The summed E-state index contributed by atoms with van der Waals surface area (Å²) in [7, 11) is 0. The predicted octanol–water partition coefficient (Wildman–Crippen LogP) is 2.94. The van der Waals surface area contributed by atoms with Crippen molar-refractivity contribution in [2.24, 2.45) is 0 Å². The maximum atomic E-state index is 12.2. The van der Waals surface area contributed by atoms with Crippen molar-refractivity contribution < 1.29 is 14.3 Å². The lowest BCUT2D eigenvalue weighted by Gasteiger charge is -2.18. The molecule has 0 fully saturated rings. The fourth-order valence-electron chi connectivity index (χ4n) is 2.90. The maximum absolute atomic E-state index is 12.2. The van der Waals surface area contributed by atoms with Gasteiger partial charge in [-0.05, 0) is 60.7 Å². The molecule has 0 spiro atoms. The van der Waals surface area contributed by atoms with Crippen LogP contribution >= 0.6 is 0 Å². The highest BCUT2D eigenvalue weighted by atomic mass is 16.5. The van der Waals surface area contributed by atoms with E-state index in [1.807, 2.05) is 6.07 Å². The fourth-order valence-corrected chi connectivity index (χ4v) is 2.90. The van der Waals surface area contributed by atoms with E-state index in [0.29, 0.717) is 17.8 Å². The second kappa shape index (κ2) is 7.83. The molecule has 130 valence electrons. The van der Waals surface area contributed by atoms with Gasteiger partial charge in [0.2, 0.25) is 5.91 Å². The van der Waals surface area contributed by atoms with Crippen LogP contribution in [-0.2, 0) is 17.6 Å². The average molecular weight is 338 g/mol. The first-order valence-corrected chi connectivity index (χ1v) is 8.52. The molecule has 5 nitrogen and oxygen atoms in total. The van der Waals surface area contributed by atoms with E-state index in [1.54, 1.807) is 24.3 Å². The topological polar surface area (TPSA) is 67.4 Å². The lowest BCUT2D eigenvalue weighted by Crippen LogP contribution is -2.25. The van der Waals surface area contributed by atoms with Crippen LogP contribution in [0.1, 0.15) is 34.8 Å². The van der Waals surface area contributed by atoms with Crippen LogP contribution in [0, 0.1) is 0 Å². The summed E-state index contributed by atoms with van der Waals surface area (Å²) in [6.07, 6.45) is 2.89. The Morgan fingerprint density at radius 1 is 1.12 bits per heavy atom. The minimum Gasteiger partial charge on any atom is -0.493 e. The average Bonchev–Trinajstić information content (AvgIpc) is 2.61. The van der Waals surface area contributed by atoms with Gasteiger partial charge in [-0.1, -0.05) is 12.1 Å². The number of nitrogens with one attached hydrogen (secondary N) is 2. The molecule has 0 aliphatic carbocycles. The van der Waals surface area contributed by atoms with Gasteiger partial charge in [0.1, 0.15) is 5.75 Å². The van der Waals surface area contributed by atoms with Crippen LogP contribution in [0.15, 0.2) is 42.5 Å². The number of hydrogen-bond donors (Lipinski definition) is 2. The molecular formula is C20H22N2O3. The van der Waals surface area contributed by atoms with Gasteiger partial charge in [-0.3, -0.25) is 9.59 Å². The number of rotatable bonds is 5. The molecule has 0 radical (unpaired) electrons. The summed E-state index contributed by atoms with van der Waals surface area (Å²) in [5.41, 5.74) is 3.71. The molecule has 3 rings (SSSR count). The Balaban J connectivity index is 1.51. The molecule has 0 atom stereocenters. The molecule has 2 amide bonds. The van der Waals surface area contributed by atoms with Crippen molar-refractivity contribution in [3.8, 4) is 5.75 Å². The third-order valence-electron chi connectivity index (χ3n) is 4.14. The van der Waals surface area contributed by atoms with Crippen LogP contribution in [-0.4, -0.2) is 25.0 Å². The summed E-state index contributed by atoms with van der Waals surface area (Å²) in [5, 5.41) is 5.61. The van der Waals surface area contributed by atoms with Gasteiger partial charge in [0.15, 0.2) is 0 Å². The second-order valence-electron chi connectivity index (χ2n) is 6.16. The number of hydrogen-bond acceptors (Lipinski definition) is 3. The molecule has 1 aliphatic rings. The van der Waals surface area contributed by atoms with Crippen molar-refractivity contribution in [1.82, 2.24) is 5.32 Å². The van der Waals surface area contributed by atoms with Crippen molar-refractivity contribution in [2.45, 2.75) is 26.2 Å². The molecule has 25 heavy (non-hydrogen) atoms. The summed E-state index contributed by atoms with van der Waals surface area (Å²) in [6, 6.07) is 13.1. The first-order valence-electron chi connectivity index (χ1n) is 8.52. The van der Waals surface area contributed by atoms with Crippen LogP contribution in [0.4, 0.5) is 5.69 Å². The van der Waals surface area contributed by atoms with Crippen LogP contribution in [0.5, 0.6) is 5.75 Å². The van der Waals surface area contributed by atoms with Gasteiger partial charge in [-0.2, -0.15) is 0 Å². The summed E-state index contributed by atoms with van der Waals surface area (Å²) in [5.74, 6) is 0.738. The smallest absolute Gasteiger partial charge is 0.251 e. The molecule has 0 aromatic heterocycles. The van der Waals surface area contributed by atoms with Gasteiger partial charge in [0.05, 0.1) is 6.61 Å². The van der Waals surface area contributed by atoms with Crippen molar-refractivity contribution in [3.63, 3.8) is 0 Å². The number of carbonyl (C=O) groups is 2. The van der Waals surface area contributed by atoms with E-state index >= 15 is 0 Å². The molecule has 0 unspecified atom stereocenters. The third kappa shape index (κ3) is 4.59. The Morgan fingerprint density at radius 2 is 1.92 bits per heavy atom. The largest absolute Gasteiger partial charge is 0.493 e. The van der Waals surface area contributed by atoms with E-state index in [-0.39, 0.29) is 11.8 Å². The van der Waals surface area contributed by atoms with Crippen LogP contribution in [0.25, 0.3) is 0 Å². The lowest BCUT2D eigenvalue weighted by atomic mass is 10.0. The molecular weight excluding hydrogens is 316 g/mol. The van der Waals surface area contributed by atoms with Crippen LogP contribution in [0.2, 0.25) is 0 Å². The van der Waals surface area contributed by atoms with Crippen molar-refractivity contribution in [3.05, 3.63) is 59.2 Å². The molecule has 1 heterocycles. The number of fused-ring (bicyclic) bond motifs is 1. The standard InChI is InChI=1S/C20H22N2O3/c1-14(23)22-18-7-5-16(6-8-18)20(24)21-11-10-15-4-9-19-17(13-15)3-2-12-25-19/h4-9,13H,2-3,10-12H2,1H3,(H,21,24)(H,22,23). The molecule has 2 aromatic carbocycles. The number of carbonyl (C=O) groups excluding carboxylic acids is 2. The molecule has 1 aliphatic heterocycles. The zero-order valence-corrected chi connectivity index (χ0v) is 14.3. The number of anilines is 1. The highest BCUT2D eigenvalue weighted by molar-refractivity contribution is 5.95. The van der Waals surface area contributed by atoms with E-state index in [1.165, 1.54) is 18.1 Å². The Morgan fingerprint density at radius 3 is 2.68 bits per heavy atom. The highest BCUT2D eigenvalue weighted by Crippen LogP contribution is 2.25. The minimum absolute atomic E-state index is 0.115. The molecule has 2 N–H and O–H groups in total. The van der Waals surface area contributed by atoms with Gasteiger partial charge in [-0.15, -0.1) is 0 Å². The molecule has 5 heteroatoms. The number of aryl methyl sites for hydroxylation is 1. The summed E-state index contributed by atoms with van der Waals surface area (Å²) < 4.78 is 5.62. The SMILES string of the molecule is CC(=O)Nc1ccc(C(=O)NCCc2ccc3c(c2)CCCO3)cc1. The first-order chi connectivity index (χ1) is 12.1. The van der Waals surface area contributed by atoms with Gasteiger partial charge < -0.3 is 15.4 Å². The molecule has 0 saturated heterocycles. The zero-order chi connectivity index (χ0) is 17.6. The highest BCUT2D eigenvalue weighted by Gasteiger charge is 2.11. The van der Waals surface area contributed by atoms with Gasteiger partial charge >= 0.3 is 0 Å². The van der Waals surface area contributed by atoms with E-state index in [0.717, 1.165) is 31.6 Å². The van der Waals surface area contributed by atoms with E-state index in [2.05, 4.69) is 22.8 Å². The normalized spacial score (nSPS) is 12.7. The molecule has 0 saturated carbocycles.